The molecule has 0 saturated carbocycles. The van der Waals surface area contributed by atoms with Gasteiger partial charge in [-0.1, -0.05) is 0 Å². The summed E-state index contributed by atoms with van der Waals surface area (Å²) in [5, 5.41) is 0. The minimum absolute atomic E-state index is 0.725. The molecule has 0 unspecified atom stereocenters. The number of nitrogens with zero attached hydrogens (tertiary/aromatic N) is 1. The van der Waals surface area contributed by atoms with E-state index < -0.39 is 35.6 Å². The van der Waals surface area contributed by atoms with Crippen molar-refractivity contribution in [2.45, 2.75) is 0 Å². The van der Waals surface area contributed by atoms with E-state index in [1.165, 1.54) is 7.05 Å². The van der Waals surface area contributed by atoms with Gasteiger partial charge >= 0.3 is 11.9 Å². The summed E-state index contributed by atoms with van der Waals surface area (Å²) in [6, 6.07) is 0. The Bertz CT molecular complexity index is 329. The standard InChI is InChI=1S/C9H11NO6/c1-10-6(11)4(8(13)15-2)5(7(10)12)9(14)16-3/h4-5H,1-3H3/t4-,5-/m1/s1. The van der Waals surface area contributed by atoms with Crippen LogP contribution >= 0.6 is 0 Å². The molecule has 2 amide bonds. The zero-order chi connectivity index (χ0) is 12.5. The van der Waals surface area contributed by atoms with Crippen molar-refractivity contribution in [1.29, 1.82) is 0 Å². The van der Waals surface area contributed by atoms with Crippen LogP contribution in [-0.2, 0) is 28.7 Å². The molecule has 0 N–H and O–H groups in total. The first-order chi connectivity index (χ1) is 7.45. The third-order valence-electron chi connectivity index (χ3n) is 2.44. The van der Waals surface area contributed by atoms with Crippen LogP contribution in [0.2, 0.25) is 0 Å². The molecule has 1 aliphatic rings. The fourth-order valence-electron chi connectivity index (χ4n) is 1.54. The van der Waals surface area contributed by atoms with Crippen LogP contribution in [0.5, 0.6) is 0 Å². The minimum Gasteiger partial charge on any atom is -0.468 e. The van der Waals surface area contributed by atoms with Crippen molar-refractivity contribution >= 4 is 23.8 Å². The fraction of sp³-hybridized carbons (Fsp3) is 0.556. The molecule has 7 nitrogen and oxygen atoms in total. The molecular weight excluding hydrogens is 218 g/mol. The number of rotatable bonds is 2. The van der Waals surface area contributed by atoms with Crippen LogP contribution in [-0.4, -0.2) is 49.9 Å². The lowest BCUT2D eigenvalue weighted by Crippen LogP contribution is -2.33. The molecule has 1 heterocycles. The smallest absolute Gasteiger partial charge is 0.319 e. The molecule has 0 radical (unpaired) electrons. The van der Waals surface area contributed by atoms with E-state index in [2.05, 4.69) is 9.47 Å². The van der Waals surface area contributed by atoms with Gasteiger partial charge in [0.2, 0.25) is 11.8 Å². The Morgan fingerprint density at radius 3 is 1.56 bits per heavy atom. The molecular formula is C9H11NO6. The number of ether oxygens (including phenoxy) is 2. The van der Waals surface area contributed by atoms with Gasteiger partial charge in [0.1, 0.15) is 0 Å². The van der Waals surface area contributed by atoms with Gasteiger partial charge in [-0.05, 0) is 0 Å². The SMILES string of the molecule is COC(=O)[C@H]1C(=O)N(C)C(=O)[C@@H]1C(=O)OC. The molecule has 1 fully saturated rings. The van der Waals surface area contributed by atoms with Gasteiger partial charge in [0.15, 0.2) is 11.8 Å². The first-order valence-electron chi connectivity index (χ1n) is 4.42. The third-order valence-corrected chi connectivity index (χ3v) is 2.44. The van der Waals surface area contributed by atoms with Crippen molar-refractivity contribution in [3.05, 3.63) is 0 Å². The maximum Gasteiger partial charge on any atom is 0.319 e. The van der Waals surface area contributed by atoms with E-state index in [1.807, 2.05) is 0 Å². The fourth-order valence-corrected chi connectivity index (χ4v) is 1.54. The molecule has 1 saturated heterocycles. The van der Waals surface area contributed by atoms with Crippen molar-refractivity contribution in [3.8, 4) is 0 Å². The van der Waals surface area contributed by atoms with Gasteiger partial charge in [0, 0.05) is 7.05 Å². The van der Waals surface area contributed by atoms with Gasteiger partial charge < -0.3 is 9.47 Å². The first kappa shape index (κ1) is 12.2. The van der Waals surface area contributed by atoms with Crippen LogP contribution in [0.15, 0.2) is 0 Å². The third kappa shape index (κ3) is 1.64. The largest absolute Gasteiger partial charge is 0.468 e. The molecule has 88 valence electrons. The number of carbonyl (C=O) groups excluding carboxylic acids is 4. The molecule has 0 spiro atoms. The maximum atomic E-state index is 11.5. The van der Waals surface area contributed by atoms with Crippen molar-refractivity contribution in [1.82, 2.24) is 4.90 Å². The van der Waals surface area contributed by atoms with Gasteiger partial charge in [-0.2, -0.15) is 0 Å². The average molecular weight is 229 g/mol. The summed E-state index contributed by atoms with van der Waals surface area (Å²) in [5.41, 5.74) is 0. The Morgan fingerprint density at radius 1 is 1.00 bits per heavy atom. The van der Waals surface area contributed by atoms with Gasteiger partial charge in [0.05, 0.1) is 14.2 Å². The topological polar surface area (TPSA) is 90.0 Å². The number of esters is 2. The molecule has 2 atom stereocenters. The second kappa shape index (κ2) is 4.30. The number of imide groups is 1. The van der Waals surface area contributed by atoms with E-state index in [1.54, 1.807) is 0 Å². The van der Waals surface area contributed by atoms with Crippen LogP contribution in [0, 0.1) is 11.8 Å². The number of hydrogen-bond donors (Lipinski definition) is 0. The van der Waals surface area contributed by atoms with Crippen LogP contribution in [0.3, 0.4) is 0 Å². The van der Waals surface area contributed by atoms with E-state index in [0.717, 1.165) is 19.1 Å². The summed E-state index contributed by atoms with van der Waals surface area (Å²) in [4.78, 5) is 46.4. The number of likely N-dealkylation sites (tertiary alicyclic amines) is 1. The normalized spacial score (nSPS) is 24.6. The highest BCUT2D eigenvalue weighted by Gasteiger charge is 2.54. The lowest BCUT2D eigenvalue weighted by molar-refractivity contribution is -0.159. The second-order valence-corrected chi connectivity index (χ2v) is 3.24. The highest BCUT2D eigenvalue weighted by Crippen LogP contribution is 2.27. The Kier molecular flexibility index (Phi) is 3.26. The van der Waals surface area contributed by atoms with Crippen LogP contribution in [0.4, 0.5) is 0 Å². The summed E-state index contributed by atoms with van der Waals surface area (Å²) in [6.45, 7) is 0. The van der Waals surface area contributed by atoms with Crippen LogP contribution < -0.4 is 0 Å². The zero-order valence-corrected chi connectivity index (χ0v) is 9.05. The van der Waals surface area contributed by atoms with Gasteiger partial charge in [-0.3, -0.25) is 24.1 Å². The molecule has 1 aliphatic heterocycles. The molecule has 0 bridgehead atoms. The van der Waals surface area contributed by atoms with Crippen molar-refractivity contribution in [2.75, 3.05) is 21.3 Å². The number of carbonyl (C=O) groups is 4. The summed E-state index contributed by atoms with van der Waals surface area (Å²) >= 11 is 0. The van der Waals surface area contributed by atoms with Crippen LogP contribution in [0.1, 0.15) is 0 Å². The van der Waals surface area contributed by atoms with Crippen molar-refractivity contribution < 1.29 is 28.7 Å². The van der Waals surface area contributed by atoms with E-state index >= 15 is 0 Å². The highest BCUT2D eigenvalue weighted by molar-refractivity contribution is 6.20. The summed E-state index contributed by atoms with van der Waals surface area (Å²) in [7, 11) is 3.35. The Morgan fingerprint density at radius 2 is 1.31 bits per heavy atom. The number of amides is 2. The summed E-state index contributed by atoms with van der Waals surface area (Å²) in [6.07, 6.45) is 0. The molecule has 7 heteroatoms. The van der Waals surface area contributed by atoms with E-state index in [4.69, 9.17) is 0 Å². The van der Waals surface area contributed by atoms with E-state index in [9.17, 15) is 19.2 Å². The number of hydrogen-bond acceptors (Lipinski definition) is 6. The van der Waals surface area contributed by atoms with Crippen LogP contribution in [0.25, 0.3) is 0 Å². The van der Waals surface area contributed by atoms with Crippen molar-refractivity contribution in [2.24, 2.45) is 11.8 Å². The van der Waals surface area contributed by atoms with Gasteiger partial charge in [-0.15, -0.1) is 0 Å². The Labute approximate surface area is 91.3 Å². The molecule has 16 heavy (non-hydrogen) atoms. The predicted octanol–water partition coefficient (Wildman–Crippen LogP) is -1.44. The Hall–Kier alpha value is -1.92. The van der Waals surface area contributed by atoms with E-state index in [0.29, 0.717) is 0 Å². The predicted molar refractivity (Wildman–Crippen MR) is 48.8 cm³/mol. The zero-order valence-electron chi connectivity index (χ0n) is 9.05. The molecule has 0 aliphatic carbocycles. The number of methoxy groups -OCH3 is 2. The molecule has 0 aromatic rings. The monoisotopic (exact) mass is 229 g/mol. The van der Waals surface area contributed by atoms with E-state index in [-0.39, 0.29) is 0 Å². The molecule has 1 rings (SSSR count). The lowest BCUT2D eigenvalue weighted by Gasteiger charge is -2.10. The maximum absolute atomic E-state index is 11.5. The lowest BCUT2D eigenvalue weighted by atomic mass is 9.95. The minimum atomic E-state index is -1.44. The Balaban J connectivity index is 3.11. The van der Waals surface area contributed by atoms with Gasteiger partial charge in [0.25, 0.3) is 0 Å². The summed E-state index contributed by atoms with van der Waals surface area (Å²) in [5.74, 6) is -6.22. The van der Waals surface area contributed by atoms with Crippen molar-refractivity contribution in [3.63, 3.8) is 0 Å². The second-order valence-electron chi connectivity index (χ2n) is 3.24. The molecule has 0 aromatic carbocycles. The average Bonchev–Trinajstić information content (AvgIpc) is 2.51. The van der Waals surface area contributed by atoms with Gasteiger partial charge in [-0.25, -0.2) is 0 Å². The summed E-state index contributed by atoms with van der Waals surface area (Å²) < 4.78 is 8.76. The quantitative estimate of drug-likeness (QED) is 0.327. The highest BCUT2D eigenvalue weighted by atomic mass is 16.5. The first-order valence-corrected chi connectivity index (χ1v) is 4.42. The molecule has 0 aromatic heterocycles.